The van der Waals surface area contributed by atoms with Crippen molar-refractivity contribution in [2.45, 2.75) is 169 Å². The molecule has 0 aromatic rings. The van der Waals surface area contributed by atoms with Gasteiger partial charge in [0.1, 0.15) is 0 Å². The summed E-state index contributed by atoms with van der Waals surface area (Å²) in [5, 5.41) is 27.3. The quantitative estimate of drug-likeness (QED) is 0.155. The summed E-state index contributed by atoms with van der Waals surface area (Å²) in [7, 11) is 0. The van der Waals surface area contributed by atoms with E-state index in [1.165, 1.54) is 51.4 Å². The topological polar surface area (TPSA) is 148 Å². The van der Waals surface area contributed by atoms with Crippen molar-refractivity contribution in [3.05, 3.63) is 0 Å². The van der Waals surface area contributed by atoms with Crippen LogP contribution in [0.15, 0.2) is 0 Å². The first-order valence-electron chi connectivity index (χ1n) is 18.1. The molecule has 2 amide bonds. The summed E-state index contributed by atoms with van der Waals surface area (Å²) >= 11 is 3.11. The van der Waals surface area contributed by atoms with Crippen LogP contribution in [0.25, 0.3) is 0 Å². The van der Waals surface area contributed by atoms with Crippen LogP contribution in [0.1, 0.15) is 146 Å². The van der Waals surface area contributed by atoms with E-state index in [2.05, 4.69) is 36.8 Å². The Morgan fingerprint density at radius 2 is 1.18 bits per heavy atom. The number of nitrogens with one attached hydrogen (secondary N) is 3. The van der Waals surface area contributed by atoms with Crippen molar-refractivity contribution in [3.8, 4) is 0 Å². The van der Waals surface area contributed by atoms with Gasteiger partial charge >= 0.3 is 11.9 Å². The van der Waals surface area contributed by atoms with Gasteiger partial charge in [0.25, 0.3) is 0 Å². The largest absolute Gasteiger partial charge is 0.481 e. The average Bonchev–Trinajstić information content (AvgIpc) is 2.98. The third kappa shape index (κ3) is 18.9. The number of hydrogen-bond acceptors (Lipinski definition) is 6. The number of likely N-dealkylation sites (tertiary alicyclic amines) is 1. The first-order chi connectivity index (χ1) is 22.0. The van der Waals surface area contributed by atoms with Gasteiger partial charge in [-0.05, 0) is 117 Å². The minimum Gasteiger partial charge on any atom is -0.481 e. The second-order valence-corrected chi connectivity index (χ2v) is 17.0. The summed E-state index contributed by atoms with van der Waals surface area (Å²) in [4.78, 5) is 47.6. The number of hydrogen-bond donors (Lipinski definition) is 5. The summed E-state index contributed by atoms with van der Waals surface area (Å²) in [6.07, 6.45) is 14.2. The van der Waals surface area contributed by atoms with Gasteiger partial charge in [-0.2, -0.15) is 0 Å². The van der Waals surface area contributed by atoms with Crippen molar-refractivity contribution in [1.29, 1.82) is 0 Å². The summed E-state index contributed by atoms with van der Waals surface area (Å²) in [6.45, 7) is 14.8. The van der Waals surface area contributed by atoms with Crippen molar-refractivity contribution in [1.82, 2.24) is 20.9 Å². The number of carbonyl (C=O) groups excluding carboxylic acids is 2. The van der Waals surface area contributed by atoms with E-state index in [-0.39, 0.29) is 62.7 Å². The lowest BCUT2D eigenvalue weighted by Crippen LogP contribution is -2.57. The fourth-order valence-electron chi connectivity index (χ4n) is 7.52. The highest BCUT2D eigenvalue weighted by Crippen LogP contribution is 2.39. The number of nitrogens with zero attached hydrogens (tertiary/aromatic N) is 1. The van der Waals surface area contributed by atoms with Gasteiger partial charge in [0, 0.05) is 35.8 Å². The van der Waals surface area contributed by atoms with Gasteiger partial charge in [-0.15, -0.1) is 0 Å². The minimum absolute atomic E-state index is 0. The average molecular weight is 762 g/mol. The predicted molar refractivity (Wildman–Crippen MR) is 204 cm³/mol. The summed E-state index contributed by atoms with van der Waals surface area (Å²) in [5.74, 6) is 1.76. The highest BCUT2D eigenvalue weighted by atomic mass is 79.9. The van der Waals surface area contributed by atoms with Crippen LogP contribution >= 0.6 is 15.9 Å². The van der Waals surface area contributed by atoms with Crippen LogP contribution in [0, 0.1) is 23.7 Å². The van der Waals surface area contributed by atoms with E-state index in [9.17, 15) is 19.2 Å². The van der Waals surface area contributed by atoms with E-state index in [1.807, 2.05) is 41.5 Å². The Hall–Kier alpha value is -1.72. The SMILES string of the molecule is C.C.CC(C)(C)NC(=O)[C@@H]1C[C@@H]2CCCC[C@@H]2CN1.CC(C)(C)NC(=O)[C@@H]1C[C@@H]2CCCC[C@@H]2CN1CCCC(=O)O.O=C(O)CCCBr. The standard InChI is InChI=1S/C18H32N2O3.C14H26N2O.C4H7BrO2.2CH4/c1-18(2,3)19-17(23)15-11-13-7-4-5-8-14(13)12-20(15)10-6-9-16(21)22;1-14(2,3)16-13(17)12-8-10-6-4-5-7-11(10)9-15-12;5-3-1-2-4(6)7;;/h13-15H,4-12H2,1-3H3,(H,19,23)(H,21,22);10-12,15H,4-9H2,1-3H3,(H,16,17);1-3H2,(H,6,7);2*1H4/t13-,14+,15-;10-,11+,12-;;;/m00.../s1. The van der Waals surface area contributed by atoms with E-state index < -0.39 is 11.9 Å². The number of alkyl halides is 1. The monoisotopic (exact) mass is 760 g/mol. The highest BCUT2D eigenvalue weighted by Gasteiger charge is 2.40. The molecule has 0 unspecified atom stereocenters. The Bertz CT molecular complexity index is 998. The molecule has 2 aliphatic carbocycles. The molecular weight excluding hydrogens is 688 g/mol. The van der Waals surface area contributed by atoms with E-state index in [1.54, 1.807) is 0 Å². The first-order valence-corrected chi connectivity index (χ1v) is 19.2. The lowest BCUT2D eigenvalue weighted by Gasteiger charge is -2.46. The van der Waals surface area contributed by atoms with Crippen LogP contribution in [0.2, 0.25) is 0 Å². The molecule has 4 aliphatic rings. The number of carboxylic acids is 2. The normalized spacial score (nSPS) is 26.6. The van der Waals surface area contributed by atoms with Crippen LogP contribution in [0.3, 0.4) is 0 Å². The summed E-state index contributed by atoms with van der Waals surface area (Å²) in [6, 6.07) is -0.0593. The molecule has 0 bridgehead atoms. The lowest BCUT2D eigenvalue weighted by molar-refractivity contribution is -0.138. The van der Waals surface area contributed by atoms with E-state index >= 15 is 0 Å². The third-order valence-electron chi connectivity index (χ3n) is 9.71. The Balaban J connectivity index is 0.000000782. The van der Waals surface area contributed by atoms with Gasteiger partial charge in [0.2, 0.25) is 11.8 Å². The van der Waals surface area contributed by atoms with Crippen molar-refractivity contribution in [3.63, 3.8) is 0 Å². The molecule has 11 heteroatoms. The van der Waals surface area contributed by atoms with Crippen LogP contribution < -0.4 is 16.0 Å². The number of rotatable bonds is 9. The predicted octanol–water partition coefficient (Wildman–Crippen LogP) is 7.23. The third-order valence-corrected chi connectivity index (χ3v) is 10.3. The molecule has 4 fully saturated rings. The molecule has 288 valence electrons. The van der Waals surface area contributed by atoms with Crippen molar-refractivity contribution in [2.24, 2.45) is 23.7 Å². The molecular formula is C38H73BrN4O6. The van der Waals surface area contributed by atoms with Crippen molar-refractivity contribution < 1.29 is 29.4 Å². The number of aliphatic carboxylic acids is 2. The van der Waals surface area contributed by atoms with Gasteiger partial charge in [0.05, 0.1) is 12.1 Å². The minimum atomic E-state index is -0.756. The Morgan fingerprint density at radius 1 is 0.714 bits per heavy atom. The van der Waals surface area contributed by atoms with Gasteiger partial charge in [-0.1, -0.05) is 69.3 Å². The number of carbonyl (C=O) groups is 4. The lowest BCUT2D eigenvalue weighted by atomic mass is 9.72. The number of fused-ring (bicyclic) bond motifs is 2. The van der Waals surface area contributed by atoms with Gasteiger partial charge in [-0.3, -0.25) is 24.1 Å². The Morgan fingerprint density at radius 3 is 1.67 bits per heavy atom. The van der Waals surface area contributed by atoms with Crippen LogP contribution in [-0.2, 0) is 19.2 Å². The van der Waals surface area contributed by atoms with E-state index in [0.717, 1.165) is 49.5 Å². The van der Waals surface area contributed by atoms with Crippen LogP contribution in [-0.4, -0.2) is 87.0 Å². The number of amides is 2. The summed E-state index contributed by atoms with van der Waals surface area (Å²) in [5.41, 5.74) is -0.352. The molecule has 0 aromatic carbocycles. The van der Waals surface area contributed by atoms with Crippen LogP contribution in [0.5, 0.6) is 0 Å². The fraction of sp³-hybridized carbons (Fsp3) is 0.895. The van der Waals surface area contributed by atoms with Gasteiger partial charge in [-0.25, -0.2) is 0 Å². The number of halogens is 1. The molecule has 0 radical (unpaired) electrons. The van der Waals surface area contributed by atoms with Crippen LogP contribution in [0.4, 0.5) is 0 Å². The van der Waals surface area contributed by atoms with Crippen molar-refractivity contribution >= 4 is 39.7 Å². The molecule has 10 nitrogen and oxygen atoms in total. The van der Waals surface area contributed by atoms with Gasteiger partial charge < -0.3 is 26.2 Å². The van der Waals surface area contributed by atoms with E-state index in [0.29, 0.717) is 24.8 Å². The number of piperidine rings is 2. The summed E-state index contributed by atoms with van der Waals surface area (Å²) < 4.78 is 0. The molecule has 6 atom stereocenters. The molecule has 5 N–H and O–H groups in total. The Kier molecular flexibility index (Phi) is 22.2. The van der Waals surface area contributed by atoms with Crippen molar-refractivity contribution in [2.75, 3.05) is 25.0 Å². The molecule has 49 heavy (non-hydrogen) atoms. The molecule has 2 heterocycles. The maximum Gasteiger partial charge on any atom is 0.303 e. The molecule has 2 saturated heterocycles. The molecule has 4 rings (SSSR count). The zero-order valence-electron chi connectivity index (χ0n) is 30.0. The second-order valence-electron chi connectivity index (χ2n) is 16.2. The second kappa shape index (κ2) is 23.0. The first kappa shape index (κ1) is 47.3. The van der Waals surface area contributed by atoms with Gasteiger partial charge in [0.15, 0.2) is 0 Å². The zero-order chi connectivity index (χ0) is 35.2. The van der Waals surface area contributed by atoms with E-state index in [4.69, 9.17) is 10.2 Å². The maximum absolute atomic E-state index is 12.7. The zero-order valence-corrected chi connectivity index (χ0v) is 31.6. The fourth-order valence-corrected chi connectivity index (χ4v) is 7.80. The smallest absolute Gasteiger partial charge is 0.303 e. The maximum atomic E-state index is 12.7. The highest BCUT2D eigenvalue weighted by molar-refractivity contribution is 9.09. The molecule has 0 aromatic heterocycles. The molecule has 0 spiro atoms. The molecule has 2 saturated carbocycles. The Labute approximate surface area is 307 Å². The number of carboxylic acid groups (broad SMARTS) is 2. The molecule has 2 aliphatic heterocycles.